The van der Waals surface area contributed by atoms with Crippen LogP contribution >= 0.6 is 0 Å². The van der Waals surface area contributed by atoms with Gasteiger partial charge in [-0.15, -0.1) is 0 Å². The lowest BCUT2D eigenvalue weighted by atomic mass is 9.75. The van der Waals surface area contributed by atoms with Gasteiger partial charge in [0.05, 0.1) is 23.3 Å². The highest BCUT2D eigenvalue weighted by molar-refractivity contribution is 7.92. The number of fused-ring (bicyclic) bond motifs is 4. The number of sulfonamides is 1. The molecule has 3 aliphatic rings. The van der Waals surface area contributed by atoms with Crippen LogP contribution < -0.4 is 14.8 Å². The van der Waals surface area contributed by atoms with Crippen molar-refractivity contribution in [3.8, 4) is 17.1 Å². The van der Waals surface area contributed by atoms with Crippen LogP contribution in [0.25, 0.3) is 11.3 Å². The van der Waals surface area contributed by atoms with Gasteiger partial charge in [-0.1, -0.05) is 51.5 Å². The van der Waals surface area contributed by atoms with E-state index in [0.29, 0.717) is 49.4 Å². The molecule has 2 aliphatic heterocycles. The standard InChI is InChI=1S/C38H49N5O6S/c1-24(2)30-13-12-25(3)18-32(30)48-21-34(44)43-16-14-38(15-17-43)22-39-36(45)28-10-7-11-29(19-28)50(46,47)42-37-40-31(20-33(41-37)49-23-38)35-26(4)8-6-9-27(35)5/h6-11,19-20,24-25,30,32H,12-18,21-23H2,1-5H3,(H,39,45)(H,40,41,42)/t25-,30?,32-/m1/s1. The van der Waals surface area contributed by atoms with Gasteiger partial charge in [0.1, 0.15) is 6.61 Å². The van der Waals surface area contributed by atoms with Crippen molar-refractivity contribution < 1.29 is 27.5 Å². The van der Waals surface area contributed by atoms with E-state index in [4.69, 9.17) is 9.47 Å². The molecule has 2 amide bonds. The lowest BCUT2D eigenvalue weighted by molar-refractivity contribution is -0.144. The molecule has 3 aromatic rings. The summed E-state index contributed by atoms with van der Waals surface area (Å²) in [5.74, 6) is 1.23. The van der Waals surface area contributed by atoms with Crippen LogP contribution in [0.3, 0.4) is 0 Å². The Bertz CT molecular complexity index is 1820. The van der Waals surface area contributed by atoms with Crippen LogP contribution in [-0.2, 0) is 19.6 Å². The van der Waals surface area contributed by atoms with E-state index in [9.17, 15) is 18.0 Å². The minimum Gasteiger partial charge on any atom is -0.477 e. The predicted molar refractivity (Wildman–Crippen MR) is 191 cm³/mol. The number of rotatable bonds is 5. The third-order valence-electron chi connectivity index (χ3n) is 10.8. The Hall–Kier alpha value is -4.03. The highest BCUT2D eigenvalue weighted by atomic mass is 32.2. The van der Waals surface area contributed by atoms with Crippen molar-refractivity contribution in [2.75, 3.05) is 37.6 Å². The lowest BCUT2D eigenvalue weighted by Crippen LogP contribution is -2.51. The van der Waals surface area contributed by atoms with Crippen molar-refractivity contribution in [2.45, 2.75) is 77.7 Å². The molecular formula is C38H49N5O6S. The number of carbonyl (C=O) groups is 2. The highest BCUT2D eigenvalue weighted by Gasteiger charge is 2.39. The van der Waals surface area contributed by atoms with Gasteiger partial charge in [0.25, 0.3) is 15.9 Å². The van der Waals surface area contributed by atoms with E-state index < -0.39 is 15.4 Å². The van der Waals surface area contributed by atoms with E-state index in [1.807, 2.05) is 36.9 Å². The Balaban J connectivity index is 1.25. The molecule has 2 N–H and O–H groups in total. The first-order chi connectivity index (χ1) is 23.8. The van der Waals surface area contributed by atoms with E-state index in [1.54, 1.807) is 12.1 Å². The van der Waals surface area contributed by atoms with Crippen LogP contribution in [-0.4, -0.2) is 74.1 Å². The summed E-state index contributed by atoms with van der Waals surface area (Å²) in [4.78, 5) is 37.6. The van der Waals surface area contributed by atoms with Crippen molar-refractivity contribution in [3.63, 3.8) is 0 Å². The molecule has 6 rings (SSSR count). The first-order valence-corrected chi connectivity index (χ1v) is 19.2. The Morgan fingerprint density at radius 3 is 2.50 bits per heavy atom. The van der Waals surface area contributed by atoms with Crippen LogP contribution in [0.15, 0.2) is 53.4 Å². The van der Waals surface area contributed by atoms with Crippen LogP contribution in [0.5, 0.6) is 5.88 Å². The first kappa shape index (κ1) is 35.8. The summed E-state index contributed by atoms with van der Waals surface area (Å²) in [6.45, 7) is 12.2. The van der Waals surface area contributed by atoms with Crippen molar-refractivity contribution in [3.05, 3.63) is 65.2 Å². The van der Waals surface area contributed by atoms with Gasteiger partial charge in [-0.25, -0.2) is 18.1 Å². The second kappa shape index (κ2) is 14.7. The second-order valence-electron chi connectivity index (χ2n) is 14.8. The summed E-state index contributed by atoms with van der Waals surface area (Å²) in [5.41, 5.74) is 3.04. The predicted octanol–water partition coefficient (Wildman–Crippen LogP) is 5.77. The zero-order valence-corrected chi connectivity index (χ0v) is 30.5. The molecule has 3 atom stereocenters. The summed E-state index contributed by atoms with van der Waals surface area (Å²) in [7, 11) is -4.13. The zero-order valence-electron chi connectivity index (χ0n) is 29.7. The van der Waals surface area contributed by atoms with Crippen LogP contribution in [0, 0.1) is 37.0 Å². The average molecular weight is 704 g/mol. The van der Waals surface area contributed by atoms with E-state index in [2.05, 4.69) is 40.8 Å². The second-order valence-corrected chi connectivity index (χ2v) is 16.5. The van der Waals surface area contributed by atoms with Crippen molar-refractivity contribution >= 4 is 27.8 Å². The van der Waals surface area contributed by atoms with Gasteiger partial charge in [-0.2, -0.15) is 4.98 Å². The number of piperidine rings is 1. The number of anilines is 1. The molecule has 0 radical (unpaired) electrons. The van der Waals surface area contributed by atoms with Gasteiger partial charge in [-0.05, 0) is 86.6 Å². The fourth-order valence-corrected chi connectivity index (χ4v) is 8.64. The quantitative estimate of drug-likeness (QED) is 0.342. The molecule has 1 aliphatic carbocycles. The molecule has 4 bridgehead atoms. The van der Waals surface area contributed by atoms with E-state index in [0.717, 1.165) is 29.5 Å². The molecule has 50 heavy (non-hydrogen) atoms. The molecule has 11 nitrogen and oxygen atoms in total. The van der Waals surface area contributed by atoms with Gasteiger partial charge in [0.15, 0.2) is 0 Å². The smallest absolute Gasteiger partial charge is 0.264 e. The Labute approximate surface area is 295 Å². The highest BCUT2D eigenvalue weighted by Crippen LogP contribution is 2.37. The minimum absolute atomic E-state index is 0.0192. The number of aryl methyl sites for hydroxylation is 2. The SMILES string of the molecule is Cc1cccc(C)c1-c1cc2nc(n1)NS(=O)(=O)c1cccc(c1)C(=O)NCC1(CCN(C(=O)CO[C@@H]3C[C@H](C)CCC3C(C)C)CC1)CO2. The number of nitrogens with one attached hydrogen (secondary N) is 2. The normalized spacial score (nSPS) is 23.4. The van der Waals surface area contributed by atoms with Crippen molar-refractivity contribution in [2.24, 2.45) is 23.2 Å². The molecule has 1 spiro atoms. The summed E-state index contributed by atoms with van der Waals surface area (Å²) < 4.78 is 42.1. The number of amides is 2. The third kappa shape index (κ3) is 7.96. The summed E-state index contributed by atoms with van der Waals surface area (Å²) in [6.07, 6.45) is 4.58. The molecular weight excluding hydrogens is 655 g/mol. The molecule has 1 saturated heterocycles. The van der Waals surface area contributed by atoms with Gasteiger partial charge < -0.3 is 19.7 Å². The average Bonchev–Trinajstić information content (AvgIpc) is 3.08. The van der Waals surface area contributed by atoms with E-state index >= 15 is 0 Å². The van der Waals surface area contributed by atoms with Gasteiger partial charge in [0, 0.05) is 42.2 Å². The number of carbonyl (C=O) groups excluding carboxylic acids is 2. The third-order valence-corrected chi connectivity index (χ3v) is 12.1. The van der Waals surface area contributed by atoms with Gasteiger partial charge >= 0.3 is 0 Å². The van der Waals surface area contributed by atoms with Gasteiger partial charge in [-0.3, -0.25) is 9.59 Å². The molecule has 1 aromatic heterocycles. The van der Waals surface area contributed by atoms with Crippen molar-refractivity contribution in [1.29, 1.82) is 0 Å². The Morgan fingerprint density at radius 1 is 1.06 bits per heavy atom. The summed E-state index contributed by atoms with van der Waals surface area (Å²) in [6, 6.07) is 13.5. The monoisotopic (exact) mass is 703 g/mol. The number of benzene rings is 2. The molecule has 2 fully saturated rings. The maximum absolute atomic E-state index is 13.4. The minimum atomic E-state index is -4.13. The number of nitrogens with zero attached hydrogens (tertiary/aromatic N) is 3. The molecule has 12 heteroatoms. The lowest BCUT2D eigenvalue weighted by Gasteiger charge is -2.42. The first-order valence-electron chi connectivity index (χ1n) is 17.7. The van der Waals surface area contributed by atoms with Gasteiger partial charge in [0.2, 0.25) is 17.7 Å². The van der Waals surface area contributed by atoms with Crippen LogP contribution in [0.4, 0.5) is 5.95 Å². The van der Waals surface area contributed by atoms with E-state index in [-0.39, 0.29) is 60.0 Å². The number of hydrogen-bond acceptors (Lipinski definition) is 8. The fourth-order valence-electron chi connectivity index (χ4n) is 7.65. The molecule has 268 valence electrons. The van der Waals surface area contributed by atoms with E-state index in [1.165, 1.54) is 24.6 Å². The largest absolute Gasteiger partial charge is 0.477 e. The summed E-state index contributed by atoms with van der Waals surface area (Å²) in [5, 5.41) is 3.03. The number of ether oxygens (including phenoxy) is 2. The molecule has 1 unspecified atom stereocenters. The van der Waals surface area contributed by atoms with Crippen molar-refractivity contribution in [1.82, 2.24) is 20.2 Å². The Kier molecular flexibility index (Phi) is 10.5. The molecule has 1 saturated carbocycles. The van der Waals surface area contributed by atoms with Crippen LogP contribution in [0.2, 0.25) is 0 Å². The molecule has 3 heterocycles. The number of aromatic nitrogens is 2. The maximum Gasteiger partial charge on any atom is 0.264 e. The zero-order chi connectivity index (χ0) is 35.6. The fraction of sp³-hybridized carbons (Fsp3) is 0.526. The Morgan fingerprint density at radius 2 is 1.78 bits per heavy atom. The molecule has 2 aromatic carbocycles. The maximum atomic E-state index is 13.4. The number of hydrogen-bond donors (Lipinski definition) is 2. The van der Waals surface area contributed by atoms with Crippen LogP contribution in [0.1, 0.15) is 74.4 Å². The summed E-state index contributed by atoms with van der Waals surface area (Å²) >= 11 is 0. The topological polar surface area (TPSA) is 140 Å². The number of likely N-dealkylation sites (tertiary alicyclic amines) is 1.